The molecule has 0 fully saturated rings. The van der Waals surface area contributed by atoms with Gasteiger partial charge in [0.25, 0.3) is 0 Å². The van der Waals surface area contributed by atoms with Crippen molar-refractivity contribution < 1.29 is 4.74 Å². The fraction of sp³-hybridized carbons (Fsp3) is 0.263. The Hall–Kier alpha value is -2.86. The van der Waals surface area contributed by atoms with Crippen molar-refractivity contribution in [3.63, 3.8) is 0 Å². The number of rotatable bonds is 9. The third kappa shape index (κ3) is 5.06. The van der Waals surface area contributed by atoms with Gasteiger partial charge in [0.15, 0.2) is 5.82 Å². The number of nitrogens with two attached hydrogens (primary N) is 1. The van der Waals surface area contributed by atoms with Gasteiger partial charge in [-0.05, 0) is 56.3 Å². The van der Waals surface area contributed by atoms with Gasteiger partial charge in [0, 0.05) is 17.3 Å². The fourth-order valence-corrected chi connectivity index (χ4v) is 2.51. The van der Waals surface area contributed by atoms with Crippen LogP contribution in [-0.2, 0) is 4.74 Å². The van der Waals surface area contributed by atoms with Crippen LogP contribution >= 0.6 is 0 Å². The highest BCUT2D eigenvalue weighted by molar-refractivity contribution is 5.62. The van der Waals surface area contributed by atoms with Gasteiger partial charge in [-0.15, -0.1) is 0 Å². The van der Waals surface area contributed by atoms with Gasteiger partial charge in [-0.3, -0.25) is 5.10 Å². The Bertz CT molecular complexity index is 734. The number of hydrogen-bond acceptors (Lipinski definition) is 5. The summed E-state index contributed by atoms with van der Waals surface area (Å²) in [6.07, 6.45) is 9.75. The van der Waals surface area contributed by atoms with Gasteiger partial charge in [-0.1, -0.05) is 18.7 Å². The molecule has 6 nitrogen and oxygen atoms in total. The largest absolute Gasteiger partial charge is 0.494 e. The van der Waals surface area contributed by atoms with E-state index in [9.17, 15) is 0 Å². The second-order valence-electron chi connectivity index (χ2n) is 5.39. The maximum Gasteiger partial charge on any atom is 0.155 e. The van der Waals surface area contributed by atoms with Crippen molar-refractivity contribution in [1.82, 2.24) is 20.5 Å². The summed E-state index contributed by atoms with van der Waals surface area (Å²) in [6, 6.07) is 5.91. The van der Waals surface area contributed by atoms with Crippen LogP contribution < -0.4 is 11.1 Å². The molecule has 0 radical (unpaired) electrons. The summed E-state index contributed by atoms with van der Waals surface area (Å²) in [5.41, 5.74) is 8.89. The van der Waals surface area contributed by atoms with E-state index in [4.69, 9.17) is 10.5 Å². The molecule has 1 aromatic carbocycles. The van der Waals surface area contributed by atoms with Crippen molar-refractivity contribution in [2.75, 3.05) is 19.4 Å². The van der Waals surface area contributed by atoms with Gasteiger partial charge in [0.05, 0.1) is 6.61 Å². The number of aromatic nitrogens is 3. The summed E-state index contributed by atoms with van der Waals surface area (Å²) in [5, 5.41) is 10.1. The lowest BCUT2D eigenvalue weighted by Crippen LogP contribution is -2.17. The molecule has 1 heterocycles. The average molecular weight is 339 g/mol. The number of nitrogens with zero attached hydrogens (tertiary/aromatic N) is 2. The molecular formula is C19H25N5O. The molecule has 1 aromatic heterocycles. The normalized spacial score (nSPS) is 13.1. The first-order valence-corrected chi connectivity index (χ1v) is 8.24. The van der Waals surface area contributed by atoms with Crippen LogP contribution in [-0.4, -0.2) is 28.8 Å². The van der Waals surface area contributed by atoms with Crippen LogP contribution in [0.3, 0.4) is 0 Å². The summed E-state index contributed by atoms with van der Waals surface area (Å²) < 4.78 is 5.63. The number of allylic oxidation sites excluding steroid dienone is 3. The maximum atomic E-state index is 6.20. The summed E-state index contributed by atoms with van der Waals surface area (Å²) in [6.45, 7) is 6.26. The van der Waals surface area contributed by atoms with Crippen LogP contribution in [0.15, 0.2) is 61.2 Å². The van der Waals surface area contributed by atoms with E-state index in [1.54, 1.807) is 6.08 Å². The first kappa shape index (κ1) is 18.5. The highest BCUT2D eigenvalue weighted by Crippen LogP contribution is 2.28. The van der Waals surface area contributed by atoms with E-state index in [1.165, 1.54) is 6.33 Å². The Kier molecular flexibility index (Phi) is 6.98. The molecule has 0 spiro atoms. The predicted molar refractivity (Wildman–Crippen MR) is 102 cm³/mol. The smallest absolute Gasteiger partial charge is 0.155 e. The number of aromatic amines is 1. The molecule has 0 aliphatic heterocycles. The minimum atomic E-state index is 0.0514. The maximum absolute atomic E-state index is 6.20. The second-order valence-corrected chi connectivity index (χ2v) is 5.39. The molecule has 2 aromatic rings. The van der Waals surface area contributed by atoms with E-state index in [0.29, 0.717) is 6.61 Å². The number of nitrogen functional groups attached to an aromatic ring is 1. The van der Waals surface area contributed by atoms with Crippen molar-refractivity contribution in [2.45, 2.75) is 19.4 Å². The molecule has 0 amide bonds. The van der Waals surface area contributed by atoms with Crippen molar-refractivity contribution >= 4 is 5.69 Å². The van der Waals surface area contributed by atoms with Gasteiger partial charge < -0.3 is 15.8 Å². The van der Waals surface area contributed by atoms with Crippen LogP contribution in [0.2, 0.25) is 0 Å². The molecular weight excluding hydrogens is 314 g/mol. The summed E-state index contributed by atoms with van der Waals surface area (Å²) in [4.78, 5) is 4.20. The Balaban J connectivity index is 2.26. The number of anilines is 1. The highest BCUT2D eigenvalue weighted by atomic mass is 16.5. The van der Waals surface area contributed by atoms with Gasteiger partial charge in [0.1, 0.15) is 12.1 Å². The van der Waals surface area contributed by atoms with E-state index < -0.39 is 0 Å². The van der Waals surface area contributed by atoms with Crippen molar-refractivity contribution in [1.29, 1.82) is 0 Å². The van der Waals surface area contributed by atoms with Gasteiger partial charge >= 0.3 is 0 Å². The highest BCUT2D eigenvalue weighted by Gasteiger charge is 2.14. The molecule has 0 aliphatic carbocycles. The first-order valence-electron chi connectivity index (χ1n) is 8.24. The SMILES string of the molecule is C=C/C=C\C(=C/CC(NC)c1cc(-c2ncn[nH]2)ccc1N)OCC. The molecule has 2 rings (SSSR count). The fourth-order valence-electron chi connectivity index (χ4n) is 2.51. The summed E-state index contributed by atoms with van der Waals surface area (Å²) in [7, 11) is 1.92. The summed E-state index contributed by atoms with van der Waals surface area (Å²) >= 11 is 0. The van der Waals surface area contributed by atoms with Gasteiger partial charge in [-0.25, -0.2) is 4.98 Å². The number of ether oxygens (including phenoxy) is 1. The number of hydrogen-bond donors (Lipinski definition) is 3. The Morgan fingerprint density at radius 2 is 2.32 bits per heavy atom. The third-order valence-corrected chi connectivity index (χ3v) is 3.76. The topological polar surface area (TPSA) is 88.9 Å². The average Bonchev–Trinajstić information content (AvgIpc) is 3.16. The lowest BCUT2D eigenvalue weighted by Gasteiger charge is -2.18. The molecule has 0 saturated carbocycles. The van der Waals surface area contributed by atoms with Crippen molar-refractivity contribution in [2.24, 2.45) is 0 Å². The molecule has 4 N–H and O–H groups in total. The Labute approximate surface area is 148 Å². The first-order chi connectivity index (χ1) is 12.2. The van der Waals surface area contributed by atoms with Crippen molar-refractivity contribution in [3.8, 4) is 11.4 Å². The minimum Gasteiger partial charge on any atom is -0.494 e. The number of H-pyrrole nitrogens is 1. The number of benzene rings is 1. The zero-order valence-electron chi connectivity index (χ0n) is 14.7. The van der Waals surface area contributed by atoms with Crippen molar-refractivity contribution in [3.05, 3.63) is 66.7 Å². The third-order valence-electron chi connectivity index (χ3n) is 3.76. The molecule has 25 heavy (non-hydrogen) atoms. The van der Waals surface area contributed by atoms with Crippen LogP contribution in [0, 0.1) is 0 Å². The molecule has 1 atom stereocenters. The molecule has 0 bridgehead atoms. The monoisotopic (exact) mass is 339 g/mol. The van der Waals surface area contributed by atoms with E-state index in [1.807, 2.05) is 50.4 Å². The van der Waals surface area contributed by atoms with E-state index in [0.717, 1.165) is 34.8 Å². The lowest BCUT2D eigenvalue weighted by molar-refractivity contribution is 0.240. The number of nitrogens with one attached hydrogen (secondary N) is 2. The van der Waals surface area contributed by atoms with Crippen LogP contribution in [0.25, 0.3) is 11.4 Å². The molecule has 0 saturated heterocycles. The molecule has 1 unspecified atom stereocenters. The standard InChI is InChI=1S/C19H25N5O/c1-4-6-7-15(25-5-2)9-11-18(21-3)16-12-14(8-10-17(16)20)19-22-13-23-24-19/h4,6-10,12-13,18,21H,1,5,11,20H2,2-3H3,(H,22,23,24)/b7-6-,15-9+. The second kappa shape index (κ2) is 9.44. The van der Waals surface area contributed by atoms with Gasteiger partial charge in [0.2, 0.25) is 0 Å². The molecule has 0 aliphatic rings. The quantitative estimate of drug-likeness (QED) is 0.370. The predicted octanol–water partition coefficient (Wildman–Crippen LogP) is 3.37. The van der Waals surface area contributed by atoms with E-state index in [2.05, 4.69) is 27.1 Å². The van der Waals surface area contributed by atoms with Crippen LogP contribution in [0.5, 0.6) is 0 Å². The van der Waals surface area contributed by atoms with Gasteiger partial charge in [-0.2, -0.15) is 5.10 Å². The van der Waals surface area contributed by atoms with E-state index >= 15 is 0 Å². The minimum absolute atomic E-state index is 0.0514. The zero-order chi connectivity index (χ0) is 18.1. The zero-order valence-corrected chi connectivity index (χ0v) is 14.7. The molecule has 6 heteroatoms. The van der Waals surface area contributed by atoms with Crippen LogP contribution in [0.1, 0.15) is 24.9 Å². The van der Waals surface area contributed by atoms with E-state index in [-0.39, 0.29) is 6.04 Å². The summed E-state index contributed by atoms with van der Waals surface area (Å²) in [5.74, 6) is 1.53. The Morgan fingerprint density at radius 3 is 2.96 bits per heavy atom. The molecule has 132 valence electrons. The lowest BCUT2D eigenvalue weighted by atomic mass is 9.98. The van der Waals surface area contributed by atoms with Crippen LogP contribution in [0.4, 0.5) is 5.69 Å². The Morgan fingerprint density at radius 1 is 1.48 bits per heavy atom.